The van der Waals surface area contributed by atoms with Gasteiger partial charge in [0.1, 0.15) is 11.4 Å². The van der Waals surface area contributed by atoms with Gasteiger partial charge in [0.15, 0.2) is 9.84 Å². The SMILES string of the molecule is CS(=O)(=O)C1CSCCN1S(=O)(=O)c1ccccc1C#N. The highest BCUT2D eigenvalue weighted by atomic mass is 32.2. The van der Waals surface area contributed by atoms with Crippen LogP contribution in [0.25, 0.3) is 0 Å². The van der Waals surface area contributed by atoms with Gasteiger partial charge in [0.2, 0.25) is 10.0 Å². The van der Waals surface area contributed by atoms with E-state index in [1.165, 1.54) is 30.0 Å². The van der Waals surface area contributed by atoms with Gasteiger partial charge >= 0.3 is 0 Å². The Hall–Kier alpha value is -1.08. The van der Waals surface area contributed by atoms with Crippen molar-refractivity contribution in [2.24, 2.45) is 0 Å². The molecule has 0 amide bonds. The molecule has 1 atom stereocenters. The molecule has 0 N–H and O–H groups in total. The first-order chi connectivity index (χ1) is 9.78. The number of sulfone groups is 1. The third-order valence-electron chi connectivity index (χ3n) is 3.13. The number of thioether (sulfide) groups is 1. The molecule has 1 aliphatic heterocycles. The second-order valence-corrected chi connectivity index (χ2v) is 9.79. The summed E-state index contributed by atoms with van der Waals surface area (Å²) in [5.41, 5.74) is 0.0166. The summed E-state index contributed by atoms with van der Waals surface area (Å²) in [5, 5.41) is 7.96. The molecule has 1 saturated heterocycles. The van der Waals surface area contributed by atoms with Crippen LogP contribution in [0, 0.1) is 11.3 Å². The van der Waals surface area contributed by atoms with E-state index in [9.17, 15) is 16.8 Å². The summed E-state index contributed by atoms with van der Waals surface area (Å²) in [6.45, 7) is 0.116. The first-order valence-electron chi connectivity index (χ1n) is 6.06. The molecule has 9 heteroatoms. The molecule has 0 bridgehead atoms. The van der Waals surface area contributed by atoms with E-state index in [1.807, 2.05) is 6.07 Å². The minimum atomic E-state index is -4.02. The lowest BCUT2D eigenvalue weighted by Gasteiger charge is -2.33. The normalized spacial score (nSPS) is 20.9. The zero-order valence-electron chi connectivity index (χ0n) is 11.3. The Labute approximate surface area is 128 Å². The Balaban J connectivity index is 2.54. The summed E-state index contributed by atoms with van der Waals surface area (Å²) in [4.78, 5) is -0.145. The number of benzene rings is 1. The second-order valence-electron chi connectivity index (χ2n) is 4.58. The third kappa shape index (κ3) is 3.23. The number of nitrogens with zero attached hydrogens (tertiary/aromatic N) is 2. The van der Waals surface area contributed by atoms with Crippen LogP contribution in [0.2, 0.25) is 0 Å². The van der Waals surface area contributed by atoms with Crippen molar-refractivity contribution in [3.63, 3.8) is 0 Å². The summed E-state index contributed by atoms with van der Waals surface area (Å²) >= 11 is 1.40. The van der Waals surface area contributed by atoms with E-state index in [0.717, 1.165) is 10.6 Å². The molecule has 1 heterocycles. The summed E-state index contributed by atoms with van der Waals surface area (Å²) in [5.74, 6) is 0.729. The van der Waals surface area contributed by atoms with Crippen LogP contribution in [0.1, 0.15) is 5.56 Å². The zero-order valence-corrected chi connectivity index (χ0v) is 13.7. The average Bonchev–Trinajstić information content (AvgIpc) is 2.46. The second kappa shape index (κ2) is 5.96. The maximum absolute atomic E-state index is 12.7. The van der Waals surface area contributed by atoms with Gasteiger partial charge in [-0.05, 0) is 12.1 Å². The van der Waals surface area contributed by atoms with Crippen molar-refractivity contribution in [3.05, 3.63) is 29.8 Å². The van der Waals surface area contributed by atoms with Gasteiger partial charge in [0.05, 0.1) is 10.5 Å². The predicted octanol–water partition coefficient (Wildman–Crippen LogP) is 0.666. The minimum Gasteiger partial charge on any atom is -0.227 e. The number of nitriles is 1. The van der Waals surface area contributed by atoms with Gasteiger partial charge < -0.3 is 0 Å². The lowest BCUT2D eigenvalue weighted by Crippen LogP contribution is -2.49. The van der Waals surface area contributed by atoms with Crippen molar-refractivity contribution in [1.82, 2.24) is 4.31 Å². The van der Waals surface area contributed by atoms with Crippen molar-refractivity contribution in [2.45, 2.75) is 10.3 Å². The van der Waals surface area contributed by atoms with Gasteiger partial charge in [-0.25, -0.2) is 16.8 Å². The van der Waals surface area contributed by atoms with Crippen LogP contribution in [-0.2, 0) is 19.9 Å². The summed E-state index contributed by atoms with van der Waals surface area (Å²) < 4.78 is 50.1. The largest absolute Gasteiger partial charge is 0.245 e. The third-order valence-corrected chi connectivity index (χ3v) is 7.87. The highest BCUT2D eigenvalue weighted by molar-refractivity contribution is 8.01. The van der Waals surface area contributed by atoms with Crippen molar-refractivity contribution >= 4 is 31.6 Å². The van der Waals surface area contributed by atoms with E-state index in [-0.39, 0.29) is 22.8 Å². The topological polar surface area (TPSA) is 95.3 Å². The van der Waals surface area contributed by atoms with Gasteiger partial charge in [0, 0.05) is 24.3 Å². The van der Waals surface area contributed by atoms with Crippen molar-refractivity contribution in [3.8, 4) is 6.07 Å². The van der Waals surface area contributed by atoms with E-state index < -0.39 is 25.2 Å². The summed E-state index contributed by atoms with van der Waals surface area (Å²) in [6.07, 6.45) is 1.03. The zero-order chi connectivity index (χ0) is 15.7. The molecule has 1 aromatic carbocycles. The molecular weight excluding hydrogens is 332 g/mol. The van der Waals surface area contributed by atoms with Crippen LogP contribution >= 0.6 is 11.8 Å². The predicted molar refractivity (Wildman–Crippen MR) is 81.0 cm³/mol. The van der Waals surface area contributed by atoms with E-state index in [0.29, 0.717) is 5.75 Å². The maximum Gasteiger partial charge on any atom is 0.245 e. The highest BCUT2D eigenvalue weighted by Crippen LogP contribution is 2.28. The molecule has 114 valence electrons. The summed E-state index contributed by atoms with van der Waals surface area (Å²) in [6, 6.07) is 7.65. The molecule has 1 fully saturated rings. The van der Waals surface area contributed by atoms with Crippen LogP contribution in [0.4, 0.5) is 0 Å². The number of hydrogen-bond acceptors (Lipinski definition) is 6. The van der Waals surface area contributed by atoms with Crippen LogP contribution in [0.15, 0.2) is 29.2 Å². The van der Waals surface area contributed by atoms with Gasteiger partial charge in [0.25, 0.3) is 0 Å². The quantitative estimate of drug-likeness (QED) is 0.798. The maximum atomic E-state index is 12.7. The van der Waals surface area contributed by atoms with Gasteiger partial charge in [-0.1, -0.05) is 12.1 Å². The number of sulfonamides is 1. The van der Waals surface area contributed by atoms with Gasteiger partial charge in [-0.15, -0.1) is 0 Å². The van der Waals surface area contributed by atoms with Crippen molar-refractivity contribution in [2.75, 3.05) is 24.3 Å². The Morgan fingerprint density at radius 2 is 1.95 bits per heavy atom. The standard InChI is InChI=1S/C12H14N2O4S3/c1-20(15,16)12-9-19-7-6-14(12)21(17,18)11-5-3-2-4-10(11)8-13/h2-5,12H,6-7,9H2,1H3. The van der Waals surface area contributed by atoms with Crippen molar-refractivity contribution < 1.29 is 16.8 Å². The van der Waals surface area contributed by atoms with E-state index in [4.69, 9.17) is 5.26 Å². The lowest BCUT2D eigenvalue weighted by atomic mass is 10.2. The van der Waals surface area contributed by atoms with E-state index >= 15 is 0 Å². The van der Waals surface area contributed by atoms with Crippen molar-refractivity contribution in [1.29, 1.82) is 5.26 Å². The van der Waals surface area contributed by atoms with Gasteiger partial charge in [-0.3, -0.25) is 0 Å². The molecule has 0 radical (unpaired) electrons. The molecule has 1 aliphatic rings. The lowest BCUT2D eigenvalue weighted by molar-refractivity contribution is 0.405. The molecule has 0 aliphatic carbocycles. The average molecular weight is 346 g/mol. The van der Waals surface area contributed by atoms with Crippen LogP contribution in [0.3, 0.4) is 0 Å². The molecule has 0 saturated carbocycles. The minimum absolute atomic E-state index is 0.0166. The first kappa shape index (κ1) is 16.3. The molecule has 0 spiro atoms. The Morgan fingerprint density at radius 1 is 1.29 bits per heavy atom. The Morgan fingerprint density at radius 3 is 2.57 bits per heavy atom. The van der Waals surface area contributed by atoms with Gasteiger partial charge in [-0.2, -0.15) is 21.3 Å². The molecule has 2 rings (SSSR count). The monoisotopic (exact) mass is 346 g/mol. The fourth-order valence-electron chi connectivity index (χ4n) is 2.09. The molecule has 21 heavy (non-hydrogen) atoms. The van der Waals surface area contributed by atoms with E-state index in [1.54, 1.807) is 6.07 Å². The van der Waals surface area contributed by atoms with Crippen LogP contribution < -0.4 is 0 Å². The number of hydrogen-bond donors (Lipinski definition) is 0. The fraction of sp³-hybridized carbons (Fsp3) is 0.417. The smallest absolute Gasteiger partial charge is 0.227 e. The Kier molecular flexibility index (Phi) is 4.63. The molecule has 6 nitrogen and oxygen atoms in total. The van der Waals surface area contributed by atoms with Crippen LogP contribution in [-0.4, -0.2) is 50.8 Å². The molecule has 1 unspecified atom stereocenters. The molecule has 0 aromatic heterocycles. The highest BCUT2D eigenvalue weighted by Gasteiger charge is 2.40. The van der Waals surface area contributed by atoms with Crippen LogP contribution in [0.5, 0.6) is 0 Å². The Bertz CT molecular complexity index is 781. The molecule has 1 aromatic rings. The first-order valence-corrected chi connectivity index (χ1v) is 10.6. The fourth-order valence-corrected chi connectivity index (χ4v) is 7.40. The molecular formula is C12H14N2O4S3. The number of rotatable bonds is 3. The summed E-state index contributed by atoms with van der Waals surface area (Å²) in [7, 11) is -7.56. The van der Waals surface area contributed by atoms with E-state index in [2.05, 4.69) is 0 Å².